The van der Waals surface area contributed by atoms with Gasteiger partial charge in [0.15, 0.2) is 0 Å². The van der Waals surface area contributed by atoms with Gasteiger partial charge in [-0.3, -0.25) is 9.59 Å². The summed E-state index contributed by atoms with van der Waals surface area (Å²) in [5.74, 6) is -1.30. The van der Waals surface area contributed by atoms with Gasteiger partial charge in [-0.1, -0.05) is 44.6 Å². The number of rotatable bonds is 16. The highest BCUT2D eigenvalue weighted by Crippen LogP contribution is 2.50. The Morgan fingerprint density at radius 2 is 1.42 bits per heavy atom. The van der Waals surface area contributed by atoms with Crippen molar-refractivity contribution in [1.29, 1.82) is 0 Å². The van der Waals surface area contributed by atoms with Crippen molar-refractivity contribution in [3.63, 3.8) is 0 Å². The quantitative estimate of drug-likeness (QED) is 0.250. The molecule has 0 aromatic heterocycles. The number of benzene rings is 1. The Bertz CT molecular complexity index is 817. The van der Waals surface area contributed by atoms with Gasteiger partial charge in [0.05, 0.1) is 10.8 Å². The largest absolute Gasteiger partial charge is 0.481 e. The molecule has 4 heteroatoms. The number of hydrogen-bond acceptors (Lipinski definition) is 2. The van der Waals surface area contributed by atoms with E-state index in [-0.39, 0.29) is 5.41 Å². The molecule has 186 valence electrons. The standard InChI is InChI=1S/C29H46O4/c1-21-20-24(14-10-6-9-13-17-29(18-19-29)27(32)33)25(23(3)22(21)2)15-11-7-8-12-16-28(4,5)26(30)31/h20H,6-19H2,1-5H3,(H,30,31)(H,32,33). The first-order valence-corrected chi connectivity index (χ1v) is 13.1. The molecule has 1 aliphatic carbocycles. The zero-order chi connectivity index (χ0) is 24.6. The van der Waals surface area contributed by atoms with Gasteiger partial charge in [-0.15, -0.1) is 0 Å². The van der Waals surface area contributed by atoms with Gasteiger partial charge in [0.25, 0.3) is 0 Å². The van der Waals surface area contributed by atoms with Crippen molar-refractivity contribution in [2.45, 2.75) is 125 Å². The smallest absolute Gasteiger partial charge is 0.309 e. The second-order valence-electron chi connectivity index (χ2n) is 11.2. The molecule has 2 N–H and O–H groups in total. The van der Waals surface area contributed by atoms with E-state index in [1.807, 2.05) is 13.8 Å². The van der Waals surface area contributed by atoms with Crippen LogP contribution in [0.4, 0.5) is 0 Å². The average Bonchev–Trinajstić information content (AvgIpc) is 3.54. The normalized spacial score (nSPS) is 14.9. The average molecular weight is 459 g/mol. The molecule has 0 bridgehead atoms. The van der Waals surface area contributed by atoms with Crippen LogP contribution in [-0.4, -0.2) is 22.2 Å². The van der Waals surface area contributed by atoms with Gasteiger partial charge in [-0.2, -0.15) is 0 Å². The summed E-state index contributed by atoms with van der Waals surface area (Å²) in [4.78, 5) is 22.6. The summed E-state index contributed by atoms with van der Waals surface area (Å²) in [6.45, 7) is 10.3. The van der Waals surface area contributed by atoms with Crippen LogP contribution in [-0.2, 0) is 22.4 Å². The summed E-state index contributed by atoms with van der Waals surface area (Å²) < 4.78 is 0. The molecule has 2 rings (SSSR count). The van der Waals surface area contributed by atoms with Crippen LogP contribution in [0.3, 0.4) is 0 Å². The summed E-state index contributed by atoms with van der Waals surface area (Å²) in [5.41, 5.74) is 6.24. The second-order valence-corrected chi connectivity index (χ2v) is 11.2. The highest BCUT2D eigenvalue weighted by atomic mass is 16.4. The van der Waals surface area contributed by atoms with Crippen molar-refractivity contribution in [3.05, 3.63) is 33.9 Å². The molecule has 33 heavy (non-hydrogen) atoms. The third kappa shape index (κ3) is 7.86. The third-order valence-electron chi connectivity index (χ3n) is 8.10. The molecule has 1 fully saturated rings. The van der Waals surface area contributed by atoms with E-state index >= 15 is 0 Å². The van der Waals surface area contributed by atoms with Crippen molar-refractivity contribution in [2.24, 2.45) is 10.8 Å². The lowest BCUT2D eigenvalue weighted by molar-refractivity contribution is -0.147. The molecule has 0 heterocycles. The first-order chi connectivity index (χ1) is 15.5. The molecule has 1 saturated carbocycles. The third-order valence-corrected chi connectivity index (χ3v) is 8.10. The molecule has 0 atom stereocenters. The molecule has 1 aliphatic rings. The minimum atomic E-state index is -0.702. The highest BCUT2D eigenvalue weighted by Gasteiger charge is 2.49. The van der Waals surface area contributed by atoms with E-state index in [1.54, 1.807) is 0 Å². The van der Waals surface area contributed by atoms with Crippen LogP contribution in [0.2, 0.25) is 0 Å². The summed E-state index contributed by atoms with van der Waals surface area (Å²) in [6, 6.07) is 2.39. The summed E-state index contributed by atoms with van der Waals surface area (Å²) in [5, 5.41) is 18.6. The van der Waals surface area contributed by atoms with Crippen molar-refractivity contribution in [2.75, 3.05) is 0 Å². The molecular weight excluding hydrogens is 412 g/mol. The lowest BCUT2D eigenvalue weighted by atomic mass is 9.86. The fourth-order valence-corrected chi connectivity index (χ4v) is 4.97. The summed E-state index contributed by atoms with van der Waals surface area (Å²) in [6.07, 6.45) is 14.4. The van der Waals surface area contributed by atoms with E-state index in [1.165, 1.54) is 40.7 Å². The zero-order valence-electron chi connectivity index (χ0n) is 21.7. The van der Waals surface area contributed by atoms with Gasteiger partial charge in [0.1, 0.15) is 0 Å². The molecule has 0 unspecified atom stereocenters. The summed E-state index contributed by atoms with van der Waals surface area (Å²) >= 11 is 0. The van der Waals surface area contributed by atoms with E-state index in [9.17, 15) is 19.8 Å². The first kappa shape index (κ1) is 27.4. The number of aryl methyl sites for hydroxylation is 2. The fourth-order valence-electron chi connectivity index (χ4n) is 4.97. The van der Waals surface area contributed by atoms with Crippen LogP contribution < -0.4 is 0 Å². The van der Waals surface area contributed by atoms with Crippen molar-refractivity contribution in [3.8, 4) is 0 Å². The lowest BCUT2D eigenvalue weighted by Gasteiger charge is -2.19. The maximum Gasteiger partial charge on any atom is 0.309 e. The Balaban J connectivity index is 1.78. The van der Waals surface area contributed by atoms with Crippen LogP contribution in [0.5, 0.6) is 0 Å². The van der Waals surface area contributed by atoms with Crippen molar-refractivity contribution < 1.29 is 19.8 Å². The number of aliphatic carboxylic acids is 2. The van der Waals surface area contributed by atoms with Gasteiger partial charge in [0, 0.05) is 0 Å². The van der Waals surface area contributed by atoms with Crippen molar-refractivity contribution in [1.82, 2.24) is 0 Å². The van der Waals surface area contributed by atoms with E-state index in [0.29, 0.717) is 0 Å². The van der Waals surface area contributed by atoms with Crippen LogP contribution >= 0.6 is 0 Å². The number of carbonyl (C=O) groups is 2. The van der Waals surface area contributed by atoms with E-state index in [0.717, 1.165) is 77.0 Å². The van der Waals surface area contributed by atoms with E-state index in [2.05, 4.69) is 26.8 Å². The fraction of sp³-hybridized carbons (Fsp3) is 0.724. The molecular formula is C29H46O4. The summed E-state index contributed by atoms with van der Waals surface area (Å²) in [7, 11) is 0. The molecule has 0 radical (unpaired) electrons. The predicted molar refractivity (Wildman–Crippen MR) is 135 cm³/mol. The Labute approximate surface area is 201 Å². The Kier molecular flexibility index (Phi) is 10.00. The minimum Gasteiger partial charge on any atom is -0.481 e. The lowest BCUT2D eigenvalue weighted by Crippen LogP contribution is -2.23. The van der Waals surface area contributed by atoms with Gasteiger partial charge in [-0.05, 0) is 114 Å². The minimum absolute atomic E-state index is 0.373. The molecule has 0 spiro atoms. The Hall–Kier alpha value is -1.84. The number of unbranched alkanes of at least 4 members (excludes halogenated alkanes) is 6. The number of hydrogen-bond donors (Lipinski definition) is 2. The monoisotopic (exact) mass is 458 g/mol. The first-order valence-electron chi connectivity index (χ1n) is 13.1. The van der Waals surface area contributed by atoms with Gasteiger partial charge >= 0.3 is 11.9 Å². The maximum absolute atomic E-state index is 11.3. The molecule has 1 aromatic carbocycles. The van der Waals surface area contributed by atoms with Crippen LogP contribution in [0.25, 0.3) is 0 Å². The maximum atomic E-state index is 11.3. The number of carboxylic acid groups (broad SMARTS) is 2. The van der Waals surface area contributed by atoms with Crippen LogP contribution in [0.15, 0.2) is 6.07 Å². The second kappa shape index (κ2) is 12.0. The van der Waals surface area contributed by atoms with Gasteiger partial charge < -0.3 is 10.2 Å². The van der Waals surface area contributed by atoms with Gasteiger partial charge in [-0.25, -0.2) is 0 Å². The van der Waals surface area contributed by atoms with E-state index < -0.39 is 17.4 Å². The van der Waals surface area contributed by atoms with Gasteiger partial charge in [0.2, 0.25) is 0 Å². The van der Waals surface area contributed by atoms with Crippen LogP contribution in [0, 0.1) is 31.6 Å². The molecule has 0 amide bonds. The molecule has 4 nitrogen and oxygen atoms in total. The van der Waals surface area contributed by atoms with Crippen LogP contribution in [0.1, 0.15) is 119 Å². The molecule has 0 aliphatic heterocycles. The predicted octanol–water partition coefficient (Wildman–Crippen LogP) is 7.57. The Morgan fingerprint density at radius 1 is 0.848 bits per heavy atom. The highest BCUT2D eigenvalue weighted by molar-refractivity contribution is 5.77. The molecule has 1 aromatic rings. The molecule has 0 saturated heterocycles. The van der Waals surface area contributed by atoms with E-state index in [4.69, 9.17) is 0 Å². The van der Waals surface area contributed by atoms with Crippen molar-refractivity contribution >= 4 is 11.9 Å². The zero-order valence-corrected chi connectivity index (χ0v) is 21.7. The SMILES string of the molecule is Cc1cc(CCCCCCC2(C(=O)O)CC2)c(CCCCCCC(C)(C)C(=O)O)c(C)c1C. The topological polar surface area (TPSA) is 74.6 Å². The number of carboxylic acids is 2. The Morgan fingerprint density at radius 3 is 2.00 bits per heavy atom.